The van der Waals surface area contributed by atoms with Gasteiger partial charge in [-0.15, -0.1) is 11.3 Å². The molecule has 1 aromatic heterocycles. The number of methoxy groups -OCH3 is 2. The molecule has 0 saturated carbocycles. The summed E-state index contributed by atoms with van der Waals surface area (Å²) in [5.41, 5.74) is 1.20. The van der Waals surface area contributed by atoms with E-state index in [0.29, 0.717) is 28.4 Å². The van der Waals surface area contributed by atoms with E-state index in [4.69, 9.17) is 14.2 Å². The first-order chi connectivity index (χ1) is 10.7. The Kier molecular flexibility index (Phi) is 3.98. The van der Waals surface area contributed by atoms with Crippen LogP contribution in [0.3, 0.4) is 0 Å². The van der Waals surface area contributed by atoms with Crippen molar-refractivity contribution < 1.29 is 19.0 Å². The van der Waals surface area contributed by atoms with Crippen LogP contribution in [-0.2, 0) is 9.53 Å². The monoisotopic (exact) mass is 314 g/mol. The average molecular weight is 314 g/mol. The number of carbonyl (C=O) groups excluding carboxylic acids is 1. The third kappa shape index (κ3) is 2.76. The number of esters is 1. The van der Waals surface area contributed by atoms with Gasteiger partial charge in [0.15, 0.2) is 0 Å². The van der Waals surface area contributed by atoms with E-state index in [-0.39, 0.29) is 5.97 Å². The largest absolute Gasteiger partial charge is 0.497 e. The standard InChI is InChI=1S/C17H14O4S/c1-19-12-5-6-15(20-2)14(10-12)16-9-11(17(18)21-16)8-13-4-3-7-22-13/h3-10H,1-2H3. The van der Waals surface area contributed by atoms with Gasteiger partial charge < -0.3 is 14.2 Å². The molecule has 5 heteroatoms. The molecule has 2 aromatic rings. The summed E-state index contributed by atoms with van der Waals surface area (Å²) in [6.07, 6.45) is 3.53. The van der Waals surface area contributed by atoms with Crippen LogP contribution >= 0.6 is 11.3 Å². The number of ether oxygens (including phenoxy) is 3. The molecule has 1 aliphatic rings. The maximum atomic E-state index is 12.0. The maximum Gasteiger partial charge on any atom is 0.343 e. The van der Waals surface area contributed by atoms with Gasteiger partial charge in [0, 0.05) is 4.88 Å². The molecule has 0 N–H and O–H groups in total. The van der Waals surface area contributed by atoms with Gasteiger partial charge in [-0.1, -0.05) is 6.07 Å². The van der Waals surface area contributed by atoms with E-state index in [0.717, 1.165) is 4.88 Å². The van der Waals surface area contributed by atoms with Crippen molar-refractivity contribution in [3.05, 3.63) is 57.8 Å². The zero-order chi connectivity index (χ0) is 15.5. The summed E-state index contributed by atoms with van der Waals surface area (Å²) in [6.45, 7) is 0. The molecule has 0 spiro atoms. The van der Waals surface area contributed by atoms with Crippen LogP contribution in [0.25, 0.3) is 11.8 Å². The van der Waals surface area contributed by atoms with E-state index >= 15 is 0 Å². The molecule has 22 heavy (non-hydrogen) atoms. The lowest BCUT2D eigenvalue weighted by Crippen LogP contribution is -1.98. The van der Waals surface area contributed by atoms with Crippen molar-refractivity contribution in [3.8, 4) is 11.5 Å². The second-order valence-electron chi connectivity index (χ2n) is 4.58. The van der Waals surface area contributed by atoms with Crippen molar-refractivity contribution in [3.63, 3.8) is 0 Å². The molecule has 4 nitrogen and oxygen atoms in total. The summed E-state index contributed by atoms with van der Waals surface area (Å²) in [6, 6.07) is 9.24. The Balaban J connectivity index is 2.01. The van der Waals surface area contributed by atoms with Crippen LogP contribution in [0.4, 0.5) is 0 Å². The smallest absolute Gasteiger partial charge is 0.343 e. The number of hydrogen-bond acceptors (Lipinski definition) is 5. The molecule has 0 atom stereocenters. The van der Waals surface area contributed by atoms with Gasteiger partial charge in [-0.2, -0.15) is 0 Å². The molecule has 0 saturated heterocycles. The first-order valence-electron chi connectivity index (χ1n) is 6.63. The summed E-state index contributed by atoms with van der Waals surface area (Å²) in [5, 5.41) is 1.96. The summed E-state index contributed by atoms with van der Waals surface area (Å²) in [7, 11) is 3.16. The van der Waals surface area contributed by atoms with E-state index in [2.05, 4.69) is 0 Å². The lowest BCUT2D eigenvalue weighted by atomic mass is 10.1. The summed E-state index contributed by atoms with van der Waals surface area (Å²) in [4.78, 5) is 13.0. The van der Waals surface area contributed by atoms with Crippen molar-refractivity contribution in [2.75, 3.05) is 14.2 Å². The Bertz CT molecular complexity index is 757. The number of thiophene rings is 1. The van der Waals surface area contributed by atoms with E-state index in [1.165, 1.54) is 0 Å². The molecule has 0 aliphatic carbocycles. The molecule has 1 aromatic carbocycles. The summed E-state index contributed by atoms with van der Waals surface area (Å²) < 4.78 is 15.9. The van der Waals surface area contributed by atoms with Crippen LogP contribution in [0, 0.1) is 0 Å². The first kappa shape index (κ1) is 14.4. The lowest BCUT2D eigenvalue weighted by molar-refractivity contribution is -0.130. The molecule has 0 bridgehead atoms. The molecule has 2 heterocycles. The predicted octanol–water partition coefficient (Wildman–Crippen LogP) is 3.75. The van der Waals surface area contributed by atoms with Gasteiger partial charge in [-0.3, -0.25) is 0 Å². The van der Waals surface area contributed by atoms with Crippen LogP contribution in [0.5, 0.6) is 11.5 Å². The summed E-state index contributed by atoms with van der Waals surface area (Å²) in [5.74, 6) is 1.39. The molecule has 3 rings (SSSR count). The van der Waals surface area contributed by atoms with Gasteiger partial charge in [0.05, 0.1) is 25.4 Å². The van der Waals surface area contributed by atoms with Gasteiger partial charge >= 0.3 is 5.97 Å². The second kappa shape index (κ2) is 6.07. The third-order valence-corrected chi connectivity index (χ3v) is 4.06. The Morgan fingerprint density at radius 2 is 2.05 bits per heavy atom. The maximum absolute atomic E-state index is 12.0. The number of rotatable bonds is 4. The molecule has 0 amide bonds. The number of benzene rings is 1. The van der Waals surface area contributed by atoms with Gasteiger partial charge in [0.25, 0.3) is 0 Å². The van der Waals surface area contributed by atoms with Crippen molar-refractivity contribution in [1.82, 2.24) is 0 Å². The van der Waals surface area contributed by atoms with Gasteiger partial charge in [0.2, 0.25) is 0 Å². The first-order valence-corrected chi connectivity index (χ1v) is 7.50. The average Bonchev–Trinajstić information content (AvgIpc) is 3.17. The topological polar surface area (TPSA) is 44.8 Å². The molecule has 0 unspecified atom stereocenters. The zero-order valence-corrected chi connectivity index (χ0v) is 13.0. The quantitative estimate of drug-likeness (QED) is 0.637. The Morgan fingerprint density at radius 1 is 1.18 bits per heavy atom. The third-order valence-electron chi connectivity index (χ3n) is 3.24. The Labute approximate surface area is 132 Å². The van der Waals surface area contributed by atoms with Crippen LogP contribution in [-0.4, -0.2) is 20.2 Å². The van der Waals surface area contributed by atoms with E-state index in [1.807, 2.05) is 23.6 Å². The number of carbonyl (C=O) groups is 1. The second-order valence-corrected chi connectivity index (χ2v) is 5.56. The van der Waals surface area contributed by atoms with Crippen LogP contribution in [0.2, 0.25) is 0 Å². The minimum Gasteiger partial charge on any atom is -0.497 e. The van der Waals surface area contributed by atoms with Crippen molar-refractivity contribution in [1.29, 1.82) is 0 Å². The highest BCUT2D eigenvalue weighted by molar-refractivity contribution is 7.10. The van der Waals surface area contributed by atoms with Crippen LogP contribution in [0.1, 0.15) is 10.4 Å². The highest BCUT2D eigenvalue weighted by Gasteiger charge is 2.24. The van der Waals surface area contributed by atoms with Crippen LogP contribution in [0.15, 0.2) is 47.4 Å². The fourth-order valence-corrected chi connectivity index (χ4v) is 2.82. The lowest BCUT2D eigenvalue weighted by Gasteiger charge is -2.10. The molecular formula is C17H14O4S. The molecule has 1 aliphatic heterocycles. The highest BCUT2D eigenvalue weighted by atomic mass is 32.1. The Hall–Kier alpha value is -2.53. The molecule has 0 fully saturated rings. The van der Waals surface area contributed by atoms with E-state index in [1.54, 1.807) is 49.8 Å². The van der Waals surface area contributed by atoms with Crippen molar-refractivity contribution in [2.45, 2.75) is 0 Å². The minimum absolute atomic E-state index is 0.367. The summed E-state index contributed by atoms with van der Waals surface area (Å²) >= 11 is 1.56. The molecular weight excluding hydrogens is 300 g/mol. The SMILES string of the molecule is COc1ccc(OC)c(C2=CC(=Cc3cccs3)C(=O)O2)c1. The van der Waals surface area contributed by atoms with Crippen molar-refractivity contribution >= 4 is 29.1 Å². The minimum atomic E-state index is -0.367. The van der Waals surface area contributed by atoms with Gasteiger partial charge in [-0.05, 0) is 41.8 Å². The normalized spacial score (nSPS) is 15.6. The predicted molar refractivity (Wildman–Crippen MR) is 85.9 cm³/mol. The van der Waals surface area contributed by atoms with Crippen LogP contribution < -0.4 is 9.47 Å². The Morgan fingerprint density at radius 3 is 2.73 bits per heavy atom. The van der Waals surface area contributed by atoms with Crippen molar-refractivity contribution in [2.24, 2.45) is 0 Å². The fraction of sp³-hybridized carbons (Fsp3) is 0.118. The van der Waals surface area contributed by atoms with E-state index < -0.39 is 0 Å². The highest BCUT2D eigenvalue weighted by Crippen LogP contribution is 2.35. The van der Waals surface area contributed by atoms with Gasteiger partial charge in [0.1, 0.15) is 17.3 Å². The fourth-order valence-electron chi connectivity index (χ4n) is 2.16. The molecule has 112 valence electrons. The zero-order valence-electron chi connectivity index (χ0n) is 12.2. The number of hydrogen-bond donors (Lipinski definition) is 0. The number of cyclic esters (lactones) is 1. The molecule has 0 radical (unpaired) electrons. The van der Waals surface area contributed by atoms with E-state index in [9.17, 15) is 4.79 Å². The van der Waals surface area contributed by atoms with Gasteiger partial charge in [-0.25, -0.2) is 4.79 Å².